The fraction of sp³-hybridized carbons (Fsp3) is 0.462. The van der Waals surface area contributed by atoms with Gasteiger partial charge in [0.1, 0.15) is 11.8 Å². The van der Waals surface area contributed by atoms with E-state index in [2.05, 4.69) is 28.0 Å². The van der Waals surface area contributed by atoms with Gasteiger partial charge in [0.05, 0.1) is 11.5 Å². The van der Waals surface area contributed by atoms with Crippen LogP contribution in [-0.2, 0) is 20.7 Å². The molecule has 1 aliphatic rings. The maximum Gasteiger partial charge on any atom is 0.573 e. The second-order valence-corrected chi connectivity index (χ2v) is 9.19. The van der Waals surface area contributed by atoms with Crippen LogP contribution < -0.4 is 15.4 Å². The Bertz CT molecular complexity index is 994. The van der Waals surface area contributed by atoms with E-state index in [1.54, 1.807) is 0 Å². The van der Waals surface area contributed by atoms with Crippen LogP contribution in [0.3, 0.4) is 0 Å². The molecule has 0 radical (unpaired) electrons. The van der Waals surface area contributed by atoms with Crippen molar-refractivity contribution in [3.63, 3.8) is 0 Å². The van der Waals surface area contributed by atoms with Gasteiger partial charge in [-0.3, -0.25) is 9.59 Å². The fourth-order valence-electron chi connectivity index (χ4n) is 4.34. The summed E-state index contributed by atoms with van der Waals surface area (Å²) in [5, 5.41) is 5.61. The smallest absolute Gasteiger partial charge is 0.406 e. The summed E-state index contributed by atoms with van der Waals surface area (Å²) in [7, 11) is 0. The molecule has 0 unspecified atom stereocenters. The van der Waals surface area contributed by atoms with Crippen LogP contribution in [0.5, 0.6) is 5.75 Å². The average Bonchev–Trinajstić information content (AvgIpc) is 2.85. The van der Waals surface area contributed by atoms with Gasteiger partial charge in [0, 0.05) is 24.5 Å². The summed E-state index contributed by atoms with van der Waals surface area (Å²) in [5.74, 6) is -0.766. The van der Waals surface area contributed by atoms with Gasteiger partial charge in [-0.25, -0.2) is 0 Å². The van der Waals surface area contributed by atoms with Crippen LogP contribution in [0.15, 0.2) is 54.6 Å². The topological polar surface area (TPSA) is 76.7 Å². The summed E-state index contributed by atoms with van der Waals surface area (Å²) in [5.41, 5.74) is 0.428. The summed E-state index contributed by atoms with van der Waals surface area (Å²) in [6.45, 7) is 2.56. The molecule has 3 rings (SSSR count). The zero-order valence-electron chi connectivity index (χ0n) is 20.0. The first-order valence-electron chi connectivity index (χ1n) is 11.9. The minimum absolute atomic E-state index is 0.114. The summed E-state index contributed by atoms with van der Waals surface area (Å²) < 4.78 is 46.8. The predicted octanol–water partition coefficient (Wildman–Crippen LogP) is 5.15. The summed E-state index contributed by atoms with van der Waals surface area (Å²) in [6, 6.07) is 13.2. The van der Waals surface area contributed by atoms with Gasteiger partial charge in [-0.1, -0.05) is 30.3 Å². The quantitative estimate of drug-likeness (QED) is 0.376. The lowest BCUT2D eigenvalue weighted by molar-refractivity contribution is -0.274. The van der Waals surface area contributed by atoms with Crippen molar-refractivity contribution < 1.29 is 32.2 Å². The standard InChI is InChI=1S/C26H31F3N2O4S/c1-2-34-20-12-14-25(17-36,15-13-20)24(33)31-22(16-18-6-4-3-5-7-18)23(32)30-19-8-10-21(11-9-19)35-26(27,28)29/h3-11,20,22,36H,2,12-17H2,1H3,(H,30,32)(H,31,33)/t20?,22-,25?/m0/s1. The van der Waals surface area contributed by atoms with Gasteiger partial charge in [0.2, 0.25) is 11.8 Å². The van der Waals surface area contributed by atoms with Gasteiger partial charge >= 0.3 is 6.36 Å². The van der Waals surface area contributed by atoms with Gasteiger partial charge in [0.15, 0.2) is 0 Å². The van der Waals surface area contributed by atoms with Crippen molar-refractivity contribution in [1.29, 1.82) is 0 Å². The van der Waals surface area contributed by atoms with Gasteiger partial charge in [-0.2, -0.15) is 12.6 Å². The first kappa shape index (κ1) is 27.9. The third-order valence-electron chi connectivity index (χ3n) is 6.34. The number of benzene rings is 2. The zero-order chi connectivity index (χ0) is 26.2. The van der Waals surface area contributed by atoms with Crippen molar-refractivity contribution >= 4 is 30.1 Å². The molecule has 1 aliphatic carbocycles. The van der Waals surface area contributed by atoms with E-state index in [4.69, 9.17) is 4.74 Å². The maximum atomic E-state index is 13.4. The molecule has 0 spiro atoms. The largest absolute Gasteiger partial charge is 0.573 e. The van der Waals surface area contributed by atoms with Crippen LogP contribution in [0.25, 0.3) is 0 Å². The molecule has 2 amide bonds. The van der Waals surface area contributed by atoms with Gasteiger partial charge in [0.25, 0.3) is 0 Å². The van der Waals surface area contributed by atoms with Crippen LogP contribution in [0, 0.1) is 5.41 Å². The fourth-order valence-corrected chi connectivity index (χ4v) is 4.80. The number of hydrogen-bond acceptors (Lipinski definition) is 5. The highest BCUT2D eigenvalue weighted by Gasteiger charge is 2.42. The molecule has 10 heteroatoms. The SMILES string of the molecule is CCOC1CCC(CS)(C(=O)N[C@@H](Cc2ccccc2)C(=O)Nc2ccc(OC(F)(F)F)cc2)CC1. The minimum atomic E-state index is -4.80. The molecule has 2 N–H and O–H groups in total. The Morgan fingerprint density at radius 1 is 1.08 bits per heavy atom. The van der Waals surface area contributed by atoms with Crippen molar-refractivity contribution in [2.45, 2.75) is 57.5 Å². The number of alkyl halides is 3. The molecule has 36 heavy (non-hydrogen) atoms. The molecule has 0 saturated heterocycles. The molecule has 0 aliphatic heterocycles. The molecule has 6 nitrogen and oxygen atoms in total. The number of anilines is 1. The third-order valence-corrected chi connectivity index (χ3v) is 6.94. The normalized spacial score (nSPS) is 20.9. The van der Waals surface area contributed by atoms with Gasteiger partial charge in [-0.05, 0) is 62.4 Å². The molecule has 2 aromatic carbocycles. The van der Waals surface area contributed by atoms with Crippen LogP contribution in [0.2, 0.25) is 0 Å². The van der Waals surface area contributed by atoms with Crippen molar-refractivity contribution in [2.24, 2.45) is 5.41 Å². The lowest BCUT2D eigenvalue weighted by Crippen LogP contribution is -2.53. The van der Waals surface area contributed by atoms with Crippen LogP contribution >= 0.6 is 12.6 Å². The number of thiol groups is 1. The van der Waals surface area contributed by atoms with Gasteiger partial charge in [-0.15, -0.1) is 13.2 Å². The van der Waals surface area contributed by atoms with Crippen molar-refractivity contribution in [3.05, 3.63) is 60.2 Å². The molecule has 1 atom stereocenters. The highest BCUT2D eigenvalue weighted by atomic mass is 32.1. The Balaban J connectivity index is 1.73. The van der Waals surface area contributed by atoms with E-state index in [0.29, 0.717) is 25.2 Å². The molecule has 196 valence electrons. The van der Waals surface area contributed by atoms with E-state index >= 15 is 0 Å². The lowest BCUT2D eigenvalue weighted by atomic mass is 9.73. The Morgan fingerprint density at radius 3 is 2.28 bits per heavy atom. The number of amides is 2. The summed E-state index contributed by atoms with van der Waals surface area (Å²) >= 11 is 4.47. The molecule has 1 fully saturated rings. The number of carbonyl (C=O) groups excluding carboxylic acids is 2. The van der Waals surface area contributed by atoms with Gasteiger partial charge < -0.3 is 20.1 Å². The monoisotopic (exact) mass is 524 g/mol. The molecular weight excluding hydrogens is 493 g/mol. The Labute approximate surface area is 214 Å². The molecule has 0 heterocycles. The molecule has 0 bridgehead atoms. The lowest BCUT2D eigenvalue weighted by Gasteiger charge is -2.38. The van der Waals surface area contributed by atoms with Crippen LogP contribution in [-0.4, -0.2) is 42.7 Å². The minimum Gasteiger partial charge on any atom is -0.406 e. The van der Waals surface area contributed by atoms with E-state index in [-0.39, 0.29) is 24.1 Å². The number of rotatable bonds is 10. The van der Waals surface area contributed by atoms with Crippen LogP contribution in [0.1, 0.15) is 38.2 Å². The number of halogens is 3. The summed E-state index contributed by atoms with van der Waals surface area (Å²) in [6.07, 6.45) is -1.75. The third kappa shape index (κ3) is 7.89. The highest BCUT2D eigenvalue weighted by molar-refractivity contribution is 7.80. The Kier molecular flexibility index (Phi) is 9.67. The maximum absolute atomic E-state index is 13.4. The second-order valence-electron chi connectivity index (χ2n) is 8.87. The number of carbonyl (C=O) groups is 2. The van der Waals surface area contributed by atoms with Crippen LogP contribution in [0.4, 0.5) is 18.9 Å². The van der Waals surface area contributed by atoms with E-state index in [0.717, 1.165) is 30.5 Å². The second kappa shape index (κ2) is 12.5. The zero-order valence-corrected chi connectivity index (χ0v) is 20.9. The van der Waals surface area contributed by atoms with E-state index in [9.17, 15) is 22.8 Å². The predicted molar refractivity (Wildman–Crippen MR) is 134 cm³/mol. The van der Waals surface area contributed by atoms with Crippen molar-refractivity contribution in [2.75, 3.05) is 17.7 Å². The number of nitrogens with one attached hydrogen (secondary N) is 2. The number of ether oxygens (including phenoxy) is 2. The molecule has 0 aromatic heterocycles. The molecule has 2 aromatic rings. The van der Waals surface area contributed by atoms with E-state index < -0.39 is 29.5 Å². The average molecular weight is 525 g/mol. The Hall–Kier alpha value is -2.72. The Morgan fingerprint density at radius 2 is 1.72 bits per heavy atom. The first-order chi connectivity index (χ1) is 17.1. The van der Waals surface area contributed by atoms with Crippen molar-refractivity contribution in [3.8, 4) is 5.75 Å². The number of hydrogen-bond donors (Lipinski definition) is 3. The molecular formula is C26H31F3N2O4S. The first-order valence-corrected chi connectivity index (χ1v) is 12.5. The van der Waals surface area contributed by atoms with E-state index in [1.165, 1.54) is 12.1 Å². The highest BCUT2D eigenvalue weighted by Crippen LogP contribution is 2.39. The summed E-state index contributed by atoms with van der Waals surface area (Å²) in [4.78, 5) is 26.6. The van der Waals surface area contributed by atoms with Crippen molar-refractivity contribution in [1.82, 2.24) is 5.32 Å². The van der Waals surface area contributed by atoms with E-state index in [1.807, 2.05) is 37.3 Å². The molecule has 1 saturated carbocycles.